The highest BCUT2D eigenvalue weighted by Gasteiger charge is 2.32. The molecule has 3 N–H and O–H groups in total. The molecular formula is C14H23N3O2. The van der Waals surface area contributed by atoms with Crippen molar-refractivity contribution in [3.8, 4) is 0 Å². The number of hydrogen-bond acceptors (Lipinski definition) is 3. The molecule has 1 fully saturated rings. The lowest BCUT2D eigenvalue weighted by molar-refractivity contribution is 0.0919. The molecule has 2 rings (SSSR count). The third kappa shape index (κ3) is 3.56. The number of hydrogen-bond donors (Lipinski definition) is 3. The van der Waals surface area contributed by atoms with Crippen molar-refractivity contribution in [1.29, 1.82) is 0 Å². The van der Waals surface area contributed by atoms with Crippen LogP contribution in [0.5, 0.6) is 0 Å². The number of aliphatic hydroxyl groups is 1. The Morgan fingerprint density at radius 3 is 2.74 bits per heavy atom. The van der Waals surface area contributed by atoms with E-state index < -0.39 is 0 Å². The molecule has 1 aromatic heterocycles. The summed E-state index contributed by atoms with van der Waals surface area (Å²) in [6.45, 7) is 6.32. The predicted molar refractivity (Wildman–Crippen MR) is 73.0 cm³/mol. The van der Waals surface area contributed by atoms with Gasteiger partial charge in [-0.05, 0) is 31.2 Å². The third-order valence-corrected chi connectivity index (χ3v) is 3.57. The first-order chi connectivity index (χ1) is 8.91. The number of amides is 1. The van der Waals surface area contributed by atoms with Crippen LogP contribution in [0.25, 0.3) is 0 Å². The molecule has 0 saturated heterocycles. The zero-order valence-corrected chi connectivity index (χ0v) is 11.9. The number of aromatic nitrogens is 2. The number of nitrogens with one attached hydrogen (secondary N) is 2. The monoisotopic (exact) mass is 265 g/mol. The van der Waals surface area contributed by atoms with Crippen LogP contribution in [0.2, 0.25) is 0 Å². The van der Waals surface area contributed by atoms with Crippen molar-refractivity contribution in [1.82, 2.24) is 15.5 Å². The third-order valence-electron chi connectivity index (χ3n) is 3.57. The second-order valence-electron chi connectivity index (χ2n) is 6.35. The molecule has 0 aromatic carbocycles. The van der Waals surface area contributed by atoms with Crippen LogP contribution in [0.3, 0.4) is 0 Å². The number of rotatable bonds is 5. The summed E-state index contributed by atoms with van der Waals surface area (Å²) in [7, 11) is 0. The molecule has 0 spiro atoms. The number of aromatic amines is 1. The number of carbonyl (C=O) groups is 1. The zero-order chi connectivity index (χ0) is 14.0. The highest BCUT2D eigenvalue weighted by Crippen LogP contribution is 2.34. The Kier molecular flexibility index (Phi) is 3.94. The molecule has 1 aliphatic carbocycles. The molecule has 0 aliphatic heterocycles. The van der Waals surface area contributed by atoms with Gasteiger partial charge in [-0.2, -0.15) is 5.10 Å². The molecule has 5 heteroatoms. The maximum Gasteiger partial charge on any atom is 0.272 e. The molecule has 1 saturated carbocycles. The number of nitrogens with zero attached hydrogens (tertiary/aromatic N) is 1. The van der Waals surface area contributed by atoms with E-state index >= 15 is 0 Å². The van der Waals surface area contributed by atoms with Crippen LogP contribution in [0.4, 0.5) is 0 Å². The van der Waals surface area contributed by atoms with Gasteiger partial charge < -0.3 is 10.4 Å². The number of H-pyrrole nitrogens is 1. The van der Waals surface area contributed by atoms with E-state index in [-0.39, 0.29) is 24.0 Å². The van der Waals surface area contributed by atoms with Crippen LogP contribution in [-0.2, 0) is 5.41 Å². The van der Waals surface area contributed by atoms with E-state index in [1.54, 1.807) is 6.07 Å². The number of aliphatic hydroxyl groups excluding tert-OH is 1. The lowest BCUT2D eigenvalue weighted by atomic mass is 9.92. The quantitative estimate of drug-likeness (QED) is 0.756. The first kappa shape index (κ1) is 14.1. The minimum Gasteiger partial charge on any atom is -0.396 e. The van der Waals surface area contributed by atoms with Gasteiger partial charge in [0.15, 0.2) is 0 Å². The number of carbonyl (C=O) groups excluding carboxylic acids is 1. The fraction of sp³-hybridized carbons (Fsp3) is 0.714. The van der Waals surface area contributed by atoms with Crippen molar-refractivity contribution in [3.63, 3.8) is 0 Å². The zero-order valence-electron chi connectivity index (χ0n) is 11.9. The summed E-state index contributed by atoms with van der Waals surface area (Å²) >= 11 is 0. The summed E-state index contributed by atoms with van der Waals surface area (Å²) in [6, 6.07) is 1.88. The van der Waals surface area contributed by atoms with Crippen molar-refractivity contribution in [2.45, 2.75) is 51.5 Å². The van der Waals surface area contributed by atoms with Crippen molar-refractivity contribution in [2.24, 2.45) is 5.92 Å². The molecule has 1 aromatic rings. The first-order valence-corrected chi connectivity index (χ1v) is 6.89. The highest BCUT2D eigenvalue weighted by molar-refractivity contribution is 5.92. The Labute approximate surface area is 113 Å². The van der Waals surface area contributed by atoms with E-state index in [9.17, 15) is 4.79 Å². The van der Waals surface area contributed by atoms with Crippen LogP contribution < -0.4 is 5.32 Å². The molecule has 1 atom stereocenters. The SMILES string of the molecule is CC(C)(C)c1cc(C(=O)NC(CCO)C2CC2)n[nH]1. The largest absolute Gasteiger partial charge is 0.396 e. The second-order valence-corrected chi connectivity index (χ2v) is 6.35. The molecule has 1 unspecified atom stereocenters. The van der Waals surface area contributed by atoms with E-state index in [1.165, 1.54) is 0 Å². The van der Waals surface area contributed by atoms with Crippen molar-refractivity contribution >= 4 is 5.91 Å². The topological polar surface area (TPSA) is 78.0 Å². The fourth-order valence-electron chi connectivity index (χ4n) is 2.13. The van der Waals surface area contributed by atoms with Gasteiger partial charge >= 0.3 is 0 Å². The van der Waals surface area contributed by atoms with E-state index in [2.05, 4.69) is 36.3 Å². The van der Waals surface area contributed by atoms with E-state index in [1.807, 2.05) is 0 Å². The Bertz CT molecular complexity index is 444. The molecule has 1 amide bonds. The molecule has 19 heavy (non-hydrogen) atoms. The van der Waals surface area contributed by atoms with Gasteiger partial charge in [0.2, 0.25) is 0 Å². The Balaban J connectivity index is 2.00. The molecule has 0 bridgehead atoms. The average molecular weight is 265 g/mol. The Morgan fingerprint density at radius 1 is 1.58 bits per heavy atom. The van der Waals surface area contributed by atoms with Gasteiger partial charge in [0, 0.05) is 23.8 Å². The summed E-state index contributed by atoms with van der Waals surface area (Å²) in [6.07, 6.45) is 2.89. The Morgan fingerprint density at radius 2 is 2.26 bits per heavy atom. The van der Waals surface area contributed by atoms with Crippen molar-refractivity contribution in [3.05, 3.63) is 17.5 Å². The van der Waals surface area contributed by atoms with Crippen LogP contribution in [0.1, 0.15) is 56.2 Å². The van der Waals surface area contributed by atoms with Gasteiger partial charge in [-0.25, -0.2) is 0 Å². The van der Waals surface area contributed by atoms with Crippen molar-refractivity contribution < 1.29 is 9.90 Å². The van der Waals surface area contributed by atoms with Crippen molar-refractivity contribution in [2.75, 3.05) is 6.61 Å². The maximum absolute atomic E-state index is 12.1. The molecular weight excluding hydrogens is 242 g/mol. The van der Waals surface area contributed by atoms with Gasteiger partial charge in [0.05, 0.1) is 0 Å². The Hall–Kier alpha value is -1.36. The minimum atomic E-state index is -0.155. The van der Waals surface area contributed by atoms with Gasteiger partial charge in [-0.3, -0.25) is 9.89 Å². The predicted octanol–water partition coefficient (Wildman–Crippen LogP) is 1.60. The molecule has 1 heterocycles. The minimum absolute atomic E-state index is 0.0491. The summed E-state index contributed by atoms with van der Waals surface area (Å²) < 4.78 is 0. The van der Waals surface area contributed by atoms with E-state index in [0.29, 0.717) is 18.0 Å². The highest BCUT2D eigenvalue weighted by atomic mass is 16.3. The lowest BCUT2D eigenvalue weighted by Crippen LogP contribution is -2.37. The maximum atomic E-state index is 12.1. The molecule has 5 nitrogen and oxygen atoms in total. The average Bonchev–Trinajstić information content (AvgIpc) is 3.03. The molecule has 1 aliphatic rings. The first-order valence-electron chi connectivity index (χ1n) is 6.89. The van der Waals surface area contributed by atoms with E-state index in [4.69, 9.17) is 5.11 Å². The van der Waals surface area contributed by atoms with Gasteiger partial charge in [0.1, 0.15) is 5.69 Å². The van der Waals surface area contributed by atoms with Crippen LogP contribution in [-0.4, -0.2) is 33.9 Å². The molecule has 0 radical (unpaired) electrons. The fourth-order valence-corrected chi connectivity index (χ4v) is 2.13. The van der Waals surface area contributed by atoms with Crippen LogP contribution in [0.15, 0.2) is 6.07 Å². The van der Waals surface area contributed by atoms with Gasteiger partial charge in [-0.15, -0.1) is 0 Å². The summed E-state index contributed by atoms with van der Waals surface area (Å²) in [5, 5.41) is 19.0. The van der Waals surface area contributed by atoms with Crippen LogP contribution >= 0.6 is 0 Å². The normalized spacial score (nSPS) is 17.3. The standard InChI is InChI=1S/C14H23N3O2/c1-14(2,3)12-8-11(16-17-12)13(19)15-10(6-7-18)9-4-5-9/h8-10,18H,4-7H2,1-3H3,(H,15,19)(H,16,17). The summed E-state index contributed by atoms with van der Waals surface area (Å²) in [4.78, 5) is 12.1. The summed E-state index contributed by atoms with van der Waals surface area (Å²) in [5.74, 6) is 0.370. The van der Waals surface area contributed by atoms with Gasteiger partial charge in [-0.1, -0.05) is 20.8 Å². The molecule has 106 valence electrons. The van der Waals surface area contributed by atoms with Crippen LogP contribution in [0, 0.1) is 5.92 Å². The van der Waals surface area contributed by atoms with Gasteiger partial charge in [0.25, 0.3) is 5.91 Å². The smallest absolute Gasteiger partial charge is 0.272 e. The summed E-state index contributed by atoms with van der Waals surface area (Å²) in [5.41, 5.74) is 1.32. The second kappa shape index (κ2) is 5.33. The van der Waals surface area contributed by atoms with E-state index in [0.717, 1.165) is 18.5 Å². The lowest BCUT2D eigenvalue weighted by Gasteiger charge is -2.16.